The van der Waals surface area contributed by atoms with Gasteiger partial charge in [0.05, 0.1) is 0 Å². The molecule has 0 saturated carbocycles. The summed E-state index contributed by atoms with van der Waals surface area (Å²) in [7, 11) is 0. The molecule has 80 valence electrons. The molecular weight excluding hydrogens is 198 g/mol. The molecule has 0 aromatic heterocycles. The number of halogens is 2. The third-order valence-corrected chi connectivity index (χ3v) is 3.13. The van der Waals surface area contributed by atoms with Gasteiger partial charge in [0.25, 0.3) is 0 Å². The van der Waals surface area contributed by atoms with E-state index in [2.05, 4.69) is 0 Å². The van der Waals surface area contributed by atoms with Crippen LogP contribution in [-0.4, -0.2) is 5.78 Å². The van der Waals surface area contributed by atoms with E-state index in [1.165, 1.54) is 6.92 Å². The third kappa shape index (κ3) is 1.46. The monoisotopic (exact) mass is 210 g/mol. The Balaban J connectivity index is 2.66. The van der Waals surface area contributed by atoms with Gasteiger partial charge in [-0.2, -0.15) is 0 Å². The fraction of sp³-hybridized carbons (Fsp3) is 0.417. The molecule has 0 aliphatic heterocycles. The molecule has 2 rings (SSSR count). The Morgan fingerprint density at radius 2 is 2.07 bits per heavy atom. The molecular formula is C12H12F2O. The van der Waals surface area contributed by atoms with Gasteiger partial charge in [-0.1, -0.05) is 6.92 Å². The van der Waals surface area contributed by atoms with Gasteiger partial charge in [-0.3, -0.25) is 4.79 Å². The largest absolute Gasteiger partial charge is 0.294 e. The maximum absolute atomic E-state index is 13.3. The molecule has 0 radical (unpaired) electrons. The topological polar surface area (TPSA) is 17.1 Å². The number of fused-ring (bicyclic) bond motifs is 1. The zero-order valence-corrected chi connectivity index (χ0v) is 8.73. The standard InChI is InChI=1S/C12H12F2O/c1-6-3-4-8-7(2)11(14)10(13)5-9(8)12(6)15/h5-6H,3-4H2,1-2H3. The summed E-state index contributed by atoms with van der Waals surface area (Å²) in [6.07, 6.45) is 1.38. The predicted molar refractivity (Wildman–Crippen MR) is 52.9 cm³/mol. The van der Waals surface area contributed by atoms with Crippen molar-refractivity contribution >= 4 is 5.78 Å². The van der Waals surface area contributed by atoms with Crippen molar-refractivity contribution in [3.63, 3.8) is 0 Å². The molecule has 1 nitrogen and oxygen atoms in total. The van der Waals surface area contributed by atoms with Crippen molar-refractivity contribution in [1.29, 1.82) is 0 Å². The van der Waals surface area contributed by atoms with Crippen LogP contribution < -0.4 is 0 Å². The highest BCUT2D eigenvalue weighted by Crippen LogP contribution is 2.30. The first-order valence-electron chi connectivity index (χ1n) is 5.04. The summed E-state index contributed by atoms with van der Waals surface area (Å²) < 4.78 is 26.4. The van der Waals surface area contributed by atoms with Crippen LogP contribution >= 0.6 is 0 Å². The Morgan fingerprint density at radius 1 is 1.40 bits per heavy atom. The Labute approximate surface area is 87.1 Å². The molecule has 15 heavy (non-hydrogen) atoms. The maximum Gasteiger partial charge on any atom is 0.166 e. The van der Waals surface area contributed by atoms with Crippen LogP contribution in [0.1, 0.15) is 34.8 Å². The average molecular weight is 210 g/mol. The number of hydrogen-bond acceptors (Lipinski definition) is 1. The Hall–Kier alpha value is -1.25. The molecule has 0 N–H and O–H groups in total. The molecule has 0 amide bonds. The van der Waals surface area contributed by atoms with Crippen molar-refractivity contribution in [2.45, 2.75) is 26.7 Å². The second-order valence-corrected chi connectivity index (χ2v) is 4.13. The van der Waals surface area contributed by atoms with Gasteiger partial charge in [0, 0.05) is 11.5 Å². The lowest BCUT2D eigenvalue weighted by atomic mass is 9.82. The summed E-state index contributed by atoms with van der Waals surface area (Å²) in [5, 5.41) is 0. The quantitative estimate of drug-likeness (QED) is 0.643. The van der Waals surface area contributed by atoms with E-state index in [1.807, 2.05) is 6.92 Å². The number of Topliss-reactive ketones (excluding diaryl/α,β-unsaturated/α-hetero) is 1. The minimum Gasteiger partial charge on any atom is -0.294 e. The summed E-state index contributed by atoms with van der Waals surface area (Å²) in [4.78, 5) is 11.7. The van der Waals surface area contributed by atoms with Crippen molar-refractivity contribution in [2.75, 3.05) is 0 Å². The molecule has 3 heteroatoms. The van der Waals surface area contributed by atoms with Crippen molar-refractivity contribution < 1.29 is 13.6 Å². The maximum atomic E-state index is 13.3. The van der Waals surface area contributed by atoms with E-state index in [4.69, 9.17) is 0 Å². The summed E-state index contributed by atoms with van der Waals surface area (Å²) in [5.41, 5.74) is 1.33. The lowest BCUT2D eigenvalue weighted by molar-refractivity contribution is 0.0912. The molecule has 1 aromatic rings. The van der Waals surface area contributed by atoms with E-state index in [1.54, 1.807) is 0 Å². The number of benzene rings is 1. The number of hydrogen-bond donors (Lipinski definition) is 0. The number of ketones is 1. The van der Waals surface area contributed by atoms with Crippen LogP contribution in [0.25, 0.3) is 0 Å². The first kappa shape index (κ1) is 10.3. The van der Waals surface area contributed by atoms with Crippen molar-refractivity contribution in [3.8, 4) is 0 Å². The van der Waals surface area contributed by atoms with E-state index < -0.39 is 11.6 Å². The van der Waals surface area contributed by atoms with Crippen molar-refractivity contribution in [2.24, 2.45) is 5.92 Å². The van der Waals surface area contributed by atoms with Gasteiger partial charge in [0.1, 0.15) is 0 Å². The fourth-order valence-corrected chi connectivity index (χ4v) is 2.09. The van der Waals surface area contributed by atoms with E-state index in [0.717, 1.165) is 12.5 Å². The highest BCUT2D eigenvalue weighted by Gasteiger charge is 2.27. The van der Waals surface area contributed by atoms with Gasteiger partial charge in [-0.25, -0.2) is 8.78 Å². The Morgan fingerprint density at radius 3 is 2.73 bits per heavy atom. The summed E-state index contributed by atoms with van der Waals surface area (Å²) in [6.45, 7) is 3.35. The first-order valence-corrected chi connectivity index (χ1v) is 5.04. The smallest absolute Gasteiger partial charge is 0.166 e. The van der Waals surface area contributed by atoms with Crippen LogP contribution in [0, 0.1) is 24.5 Å². The van der Waals surface area contributed by atoms with Gasteiger partial charge in [0.15, 0.2) is 17.4 Å². The van der Waals surface area contributed by atoms with Gasteiger partial charge < -0.3 is 0 Å². The first-order chi connectivity index (χ1) is 7.02. The number of rotatable bonds is 0. The summed E-state index contributed by atoms with van der Waals surface area (Å²) in [6, 6.07) is 1.04. The van der Waals surface area contributed by atoms with E-state index in [9.17, 15) is 13.6 Å². The molecule has 1 aromatic carbocycles. The second-order valence-electron chi connectivity index (χ2n) is 4.13. The van der Waals surface area contributed by atoms with E-state index in [-0.39, 0.29) is 17.3 Å². The molecule has 1 aliphatic carbocycles. The van der Waals surface area contributed by atoms with Crippen LogP contribution in [0.3, 0.4) is 0 Å². The average Bonchev–Trinajstić information content (AvgIpc) is 2.21. The SMILES string of the molecule is Cc1c(F)c(F)cc2c1CCC(C)C2=O. The van der Waals surface area contributed by atoms with Gasteiger partial charge in [-0.15, -0.1) is 0 Å². The van der Waals surface area contributed by atoms with Crippen molar-refractivity contribution in [1.82, 2.24) is 0 Å². The van der Waals surface area contributed by atoms with Crippen LogP contribution in [0.4, 0.5) is 8.78 Å². The molecule has 0 heterocycles. The van der Waals surface area contributed by atoms with Crippen LogP contribution in [0.5, 0.6) is 0 Å². The highest BCUT2D eigenvalue weighted by atomic mass is 19.2. The second kappa shape index (κ2) is 3.40. The number of carbonyl (C=O) groups excluding carboxylic acids is 1. The van der Waals surface area contributed by atoms with Gasteiger partial charge in [0.2, 0.25) is 0 Å². The van der Waals surface area contributed by atoms with Crippen LogP contribution in [0.15, 0.2) is 6.07 Å². The van der Waals surface area contributed by atoms with Crippen LogP contribution in [-0.2, 0) is 6.42 Å². The summed E-state index contributed by atoms with van der Waals surface area (Å²) >= 11 is 0. The zero-order chi connectivity index (χ0) is 11.2. The Bertz CT molecular complexity index is 438. The number of carbonyl (C=O) groups is 1. The Kier molecular flexibility index (Phi) is 2.33. The molecule has 0 saturated heterocycles. The molecule has 0 fully saturated rings. The van der Waals surface area contributed by atoms with E-state index >= 15 is 0 Å². The fourth-order valence-electron chi connectivity index (χ4n) is 2.09. The van der Waals surface area contributed by atoms with E-state index in [0.29, 0.717) is 17.5 Å². The highest BCUT2D eigenvalue weighted by molar-refractivity contribution is 6.00. The summed E-state index contributed by atoms with van der Waals surface area (Å²) in [5.74, 6) is -1.90. The van der Waals surface area contributed by atoms with Crippen LogP contribution in [0.2, 0.25) is 0 Å². The molecule has 0 spiro atoms. The van der Waals surface area contributed by atoms with Crippen molar-refractivity contribution in [3.05, 3.63) is 34.4 Å². The molecule has 0 bridgehead atoms. The minimum absolute atomic E-state index is 0.0711. The lowest BCUT2D eigenvalue weighted by Crippen LogP contribution is -2.22. The zero-order valence-electron chi connectivity index (χ0n) is 8.73. The molecule has 1 unspecified atom stereocenters. The lowest BCUT2D eigenvalue weighted by Gasteiger charge is -2.22. The normalized spacial score (nSPS) is 20.3. The molecule has 1 aliphatic rings. The molecule has 1 atom stereocenters. The van der Waals surface area contributed by atoms with Gasteiger partial charge in [-0.05, 0) is 37.0 Å². The minimum atomic E-state index is -0.922. The van der Waals surface area contributed by atoms with Gasteiger partial charge >= 0.3 is 0 Å². The third-order valence-electron chi connectivity index (χ3n) is 3.13. The predicted octanol–water partition coefficient (Wildman–Crippen LogP) is 3.04.